The van der Waals surface area contributed by atoms with Gasteiger partial charge in [-0.3, -0.25) is 9.69 Å². The Labute approximate surface area is 126 Å². The zero-order chi connectivity index (χ0) is 13.8. The van der Waals surface area contributed by atoms with E-state index in [1.54, 1.807) is 11.3 Å². The van der Waals surface area contributed by atoms with Crippen molar-refractivity contribution in [3.8, 4) is 0 Å². The molecule has 20 heavy (non-hydrogen) atoms. The van der Waals surface area contributed by atoms with E-state index >= 15 is 0 Å². The molecule has 110 valence electrons. The summed E-state index contributed by atoms with van der Waals surface area (Å²) in [6.07, 6.45) is 10.3. The van der Waals surface area contributed by atoms with Crippen molar-refractivity contribution in [2.45, 2.75) is 63.3 Å². The quantitative estimate of drug-likeness (QED) is 0.815. The van der Waals surface area contributed by atoms with Gasteiger partial charge in [-0.1, -0.05) is 25.3 Å². The highest BCUT2D eigenvalue weighted by atomic mass is 32.1. The number of carbonyl (C=O) groups is 1. The van der Waals surface area contributed by atoms with Crippen LogP contribution in [-0.2, 0) is 11.2 Å². The number of aryl methyl sites for hydroxylation is 1. The molecule has 0 atom stereocenters. The first-order valence-electron chi connectivity index (χ1n) is 8.12. The van der Waals surface area contributed by atoms with Gasteiger partial charge in [0, 0.05) is 11.3 Å². The summed E-state index contributed by atoms with van der Waals surface area (Å²) in [6.45, 7) is 2.29. The van der Waals surface area contributed by atoms with Gasteiger partial charge in [-0.2, -0.15) is 0 Å². The van der Waals surface area contributed by atoms with Crippen LogP contribution >= 0.6 is 11.3 Å². The smallest absolute Gasteiger partial charge is 0.153 e. The largest absolute Gasteiger partial charge is 0.298 e. The lowest BCUT2D eigenvalue weighted by molar-refractivity contribution is -0.132. The van der Waals surface area contributed by atoms with Gasteiger partial charge in [0.05, 0.1) is 5.54 Å². The number of Topliss-reactive ketones (excluding diaryl/α,β-unsaturated/α-hetero) is 1. The van der Waals surface area contributed by atoms with Gasteiger partial charge in [0.1, 0.15) is 0 Å². The lowest BCUT2D eigenvalue weighted by Crippen LogP contribution is -2.54. The van der Waals surface area contributed by atoms with Gasteiger partial charge in [0.2, 0.25) is 0 Å². The molecule has 0 bridgehead atoms. The summed E-state index contributed by atoms with van der Waals surface area (Å²) in [4.78, 5) is 16.8. The molecule has 0 N–H and O–H groups in total. The first-order chi connectivity index (χ1) is 9.81. The first kappa shape index (κ1) is 14.3. The number of ketones is 1. The van der Waals surface area contributed by atoms with E-state index in [2.05, 4.69) is 22.4 Å². The Morgan fingerprint density at radius 3 is 2.55 bits per heavy atom. The van der Waals surface area contributed by atoms with E-state index in [0.29, 0.717) is 5.78 Å². The van der Waals surface area contributed by atoms with E-state index in [1.165, 1.54) is 37.0 Å². The average Bonchev–Trinajstić information content (AvgIpc) is 3.18. The van der Waals surface area contributed by atoms with Gasteiger partial charge in [-0.25, -0.2) is 0 Å². The second-order valence-corrected chi connectivity index (χ2v) is 7.32. The van der Waals surface area contributed by atoms with Crippen LogP contribution in [0.5, 0.6) is 0 Å². The highest BCUT2D eigenvalue weighted by Crippen LogP contribution is 2.38. The number of hydrogen-bond acceptors (Lipinski definition) is 3. The minimum absolute atomic E-state index is 0.0856. The highest BCUT2D eigenvalue weighted by Gasteiger charge is 2.45. The summed E-state index contributed by atoms with van der Waals surface area (Å²) >= 11 is 1.78. The average molecular weight is 291 g/mol. The van der Waals surface area contributed by atoms with Crippen molar-refractivity contribution in [2.24, 2.45) is 0 Å². The molecule has 2 nitrogen and oxygen atoms in total. The fraction of sp³-hybridized carbons (Fsp3) is 0.706. The number of rotatable bonds is 5. The first-order valence-corrected chi connectivity index (χ1v) is 9.00. The number of piperidine rings is 1. The summed E-state index contributed by atoms with van der Waals surface area (Å²) in [5, 5.41) is 2.11. The van der Waals surface area contributed by atoms with Gasteiger partial charge >= 0.3 is 0 Å². The summed E-state index contributed by atoms with van der Waals surface area (Å²) < 4.78 is 0. The SMILES string of the molecule is O=C(CCc1cccs1)C1(N2CCCCC2)CCCC1. The predicted octanol–water partition coefficient (Wildman–Crippen LogP) is 4.05. The summed E-state index contributed by atoms with van der Waals surface area (Å²) in [6, 6.07) is 4.24. The van der Waals surface area contributed by atoms with Crippen molar-refractivity contribution >= 4 is 17.1 Å². The van der Waals surface area contributed by atoms with E-state index in [9.17, 15) is 4.79 Å². The minimum Gasteiger partial charge on any atom is -0.298 e. The number of likely N-dealkylation sites (tertiary alicyclic amines) is 1. The third kappa shape index (κ3) is 2.84. The van der Waals surface area contributed by atoms with Crippen LogP contribution in [0.3, 0.4) is 0 Å². The Kier molecular flexibility index (Phi) is 4.57. The lowest BCUT2D eigenvalue weighted by Gasteiger charge is -2.42. The molecular formula is C17H25NOS. The Morgan fingerprint density at radius 1 is 1.15 bits per heavy atom. The van der Waals surface area contributed by atoms with Crippen molar-refractivity contribution in [1.82, 2.24) is 4.90 Å². The van der Waals surface area contributed by atoms with Crippen molar-refractivity contribution in [3.63, 3.8) is 0 Å². The minimum atomic E-state index is -0.0856. The molecule has 0 aromatic carbocycles. The molecule has 2 heterocycles. The summed E-state index contributed by atoms with van der Waals surface area (Å²) in [5.74, 6) is 0.519. The normalized spacial score (nSPS) is 23.0. The molecule has 2 fully saturated rings. The molecule has 1 aromatic rings. The van der Waals surface area contributed by atoms with Crippen molar-refractivity contribution in [3.05, 3.63) is 22.4 Å². The Bertz CT molecular complexity index is 428. The van der Waals surface area contributed by atoms with E-state index in [1.807, 2.05) is 0 Å². The van der Waals surface area contributed by atoms with Crippen LogP contribution in [0.4, 0.5) is 0 Å². The molecule has 1 aliphatic carbocycles. The van der Waals surface area contributed by atoms with Gasteiger partial charge in [0.15, 0.2) is 5.78 Å². The van der Waals surface area contributed by atoms with Crippen LogP contribution in [0.2, 0.25) is 0 Å². The second-order valence-electron chi connectivity index (χ2n) is 6.29. The Balaban J connectivity index is 1.67. The Hall–Kier alpha value is -0.670. The van der Waals surface area contributed by atoms with Crippen LogP contribution in [0, 0.1) is 0 Å². The van der Waals surface area contributed by atoms with Crippen LogP contribution in [0.15, 0.2) is 17.5 Å². The molecular weight excluding hydrogens is 266 g/mol. The van der Waals surface area contributed by atoms with E-state index in [4.69, 9.17) is 0 Å². The number of hydrogen-bond donors (Lipinski definition) is 0. The molecule has 1 aromatic heterocycles. The fourth-order valence-corrected chi connectivity index (χ4v) is 4.69. The van der Waals surface area contributed by atoms with E-state index in [0.717, 1.165) is 38.8 Å². The molecule has 3 heteroatoms. The van der Waals surface area contributed by atoms with Gasteiger partial charge in [-0.05, 0) is 56.6 Å². The third-order valence-corrected chi connectivity index (χ3v) is 6.03. The Morgan fingerprint density at radius 2 is 1.90 bits per heavy atom. The maximum absolute atomic E-state index is 12.9. The topological polar surface area (TPSA) is 20.3 Å². The van der Waals surface area contributed by atoms with Crippen molar-refractivity contribution in [2.75, 3.05) is 13.1 Å². The molecule has 1 saturated heterocycles. The molecule has 0 spiro atoms. The molecule has 0 radical (unpaired) electrons. The number of nitrogens with zero attached hydrogens (tertiary/aromatic N) is 1. The van der Waals surface area contributed by atoms with Gasteiger partial charge in [0.25, 0.3) is 0 Å². The maximum atomic E-state index is 12.9. The fourth-order valence-electron chi connectivity index (χ4n) is 3.98. The predicted molar refractivity (Wildman–Crippen MR) is 84.3 cm³/mol. The van der Waals surface area contributed by atoms with E-state index < -0.39 is 0 Å². The molecule has 2 aliphatic rings. The molecule has 3 rings (SSSR count). The third-order valence-electron chi connectivity index (χ3n) is 5.09. The van der Waals surface area contributed by atoms with Crippen molar-refractivity contribution in [1.29, 1.82) is 0 Å². The highest BCUT2D eigenvalue weighted by molar-refractivity contribution is 7.09. The zero-order valence-corrected chi connectivity index (χ0v) is 13.1. The van der Waals surface area contributed by atoms with Crippen LogP contribution in [-0.4, -0.2) is 29.3 Å². The standard InChI is InChI=1S/C17H25NOS/c19-16(9-8-15-7-6-14-20-15)17(10-2-3-11-17)18-12-4-1-5-13-18/h6-7,14H,1-5,8-13H2. The van der Waals surface area contributed by atoms with E-state index in [-0.39, 0.29) is 5.54 Å². The van der Waals surface area contributed by atoms with Crippen molar-refractivity contribution < 1.29 is 4.79 Å². The monoisotopic (exact) mass is 291 g/mol. The van der Waals surface area contributed by atoms with Gasteiger partial charge < -0.3 is 0 Å². The molecule has 0 unspecified atom stereocenters. The molecule has 1 aliphatic heterocycles. The summed E-state index contributed by atoms with van der Waals surface area (Å²) in [7, 11) is 0. The van der Waals surface area contributed by atoms with Crippen LogP contribution in [0.1, 0.15) is 56.2 Å². The number of carbonyl (C=O) groups excluding carboxylic acids is 1. The zero-order valence-electron chi connectivity index (χ0n) is 12.3. The molecule has 0 amide bonds. The maximum Gasteiger partial charge on any atom is 0.153 e. The molecule has 1 saturated carbocycles. The van der Waals surface area contributed by atoms with Gasteiger partial charge in [-0.15, -0.1) is 11.3 Å². The number of thiophene rings is 1. The summed E-state index contributed by atoms with van der Waals surface area (Å²) in [5.41, 5.74) is -0.0856. The van der Waals surface area contributed by atoms with Crippen LogP contribution in [0.25, 0.3) is 0 Å². The lowest BCUT2D eigenvalue weighted by atomic mass is 9.85. The second kappa shape index (κ2) is 6.40. The van der Waals surface area contributed by atoms with Crippen LogP contribution < -0.4 is 0 Å².